The number of aliphatic hydroxyl groups is 1. The molecule has 1 heterocycles. The minimum Gasteiger partial charge on any atom is -0.396 e. The third kappa shape index (κ3) is 2.20. The lowest BCUT2D eigenvalue weighted by atomic mass is 9.83. The first-order chi connectivity index (χ1) is 6.38. The van der Waals surface area contributed by atoms with Crippen molar-refractivity contribution in [3.8, 4) is 0 Å². The summed E-state index contributed by atoms with van der Waals surface area (Å²) in [5.74, 6) is 0.137. The van der Waals surface area contributed by atoms with Crippen molar-refractivity contribution in [2.24, 2.45) is 11.3 Å². The zero-order chi connectivity index (χ0) is 10.9. The number of hydrogen-bond donors (Lipinski definition) is 1. The fourth-order valence-corrected chi connectivity index (χ4v) is 2.06. The SMILES string of the molecule is C[C@H](Cl)C(=O)N1C[C@@H](CO)C(C)(C)C1. The molecule has 14 heavy (non-hydrogen) atoms. The van der Waals surface area contributed by atoms with E-state index < -0.39 is 5.38 Å². The summed E-state index contributed by atoms with van der Waals surface area (Å²) in [5, 5.41) is 8.70. The van der Waals surface area contributed by atoms with Crippen LogP contribution >= 0.6 is 11.6 Å². The van der Waals surface area contributed by atoms with Crippen molar-refractivity contribution in [2.75, 3.05) is 19.7 Å². The number of likely N-dealkylation sites (tertiary alicyclic amines) is 1. The fraction of sp³-hybridized carbons (Fsp3) is 0.900. The van der Waals surface area contributed by atoms with Crippen LogP contribution in [0.5, 0.6) is 0 Å². The first kappa shape index (κ1) is 11.8. The molecule has 1 N–H and O–H groups in total. The lowest BCUT2D eigenvalue weighted by Gasteiger charge is -2.23. The fourth-order valence-electron chi connectivity index (χ4n) is 1.92. The van der Waals surface area contributed by atoms with Crippen LogP contribution in [0.25, 0.3) is 0 Å². The first-order valence-corrected chi connectivity index (χ1v) is 5.36. The first-order valence-electron chi connectivity index (χ1n) is 4.92. The quantitative estimate of drug-likeness (QED) is 0.707. The minimum atomic E-state index is -0.469. The second-order valence-electron chi connectivity index (χ2n) is 4.70. The molecule has 0 aliphatic carbocycles. The Balaban J connectivity index is 2.67. The molecule has 0 aromatic carbocycles. The molecule has 0 unspecified atom stereocenters. The van der Waals surface area contributed by atoms with Gasteiger partial charge in [0.25, 0.3) is 0 Å². The second kappa shape index (κ2) is 4.07. The van der Waals surface area contributed by atoms with Gasteiger partial charge in [0, 0.05) is 25.6 Å². The topological polar surface area (TPSA) is 40.5 Å². The average molecular weight is 220 g/mol. The van der Waals surface area contributed by atoms with Crippen molar-refractivity contribution >= 4 is 17.5 Å². The average Bonchev–Trinajstić information content (AvgIpc) is 2.39. The van der Waals surface area contributed by atoms with Gasteiger partial charge in [0.05, 0.1) is 0 Å². The molecule has 1 saturated heterocycles. The van der Waals surface area contributed by atoms with E-state index in [-0.39, 0.29) is 23.8 Å². The molecule has 1 aliphatic rings. The molecule has 1 fully saturated rings. The molecule has 1 aliphatic heterocycles. The maximum absolute atomic E-state index is 11.6. The van der Waals surface area contributed by atoms with Gasteiger partial charge in [-0.05, 0) is 12.3 Å². The number of amides is 1. The molecule has 0 bridgehead atoms. The molecule has 0 aromatic heterocycles. The number of carbonyl (C=O) groups is 1. The van der Waals surface area contributed by atoms with Crippen LogP contribution in [0.4, 0.5) is 0 Å². The molecular formula is C10H18ClNO2. The van der Waals surface area contributed by atoms with Gasteiger partial charge in [-0.15, -0.1) is 11.6 Å². The van der Waals surface area contributed by atoms with Gasteiger partial charge in [0.2, 0.25) is 5.91 Å². The van der Waals surface area contributed by atoms with Gasteiger partial charge in [0.15, 0.2) is 0 Å². The van der Waals surface area contributed by atoms with E-state index in [4.69, 9.17) is 16.7 Å². The van der Waals surface area contributed by atoms with Crippen molar-refractivity contribution in [1.82, 2.24) is 4.90 Å². The molecule has 0 spiro atoms. The van der Waals surface area contributed by atoms with Crippen LogP contribution in [0, 0.1) is 11.3 Å². The second-order valence-corrected chi connectivity index (χ2v) is 5.36. The highest BCUT2D eigenvalue weighted by molar-refractivity contribution is 6.30. The Kier molecular flexibility index (Phi) is 3.43. The normalized spacial score (nSPS) is 27.8. The Morgan fingerprint density at radius 1 is 1.71 bits per heavy atom. The van der Waals surface area contributed by atoms with Gasteiger partial charge in [-0.3, -0.25) is 4.79 Å². The predicted octanol–water partition coefficient (Wildman–Crippen LogP) is 1.09. The third-order valence-electron chi connectivity index (χ3n) is 3.02. The van der Waals surface area contributed by atoms with Crippen molar-refractivity contribution in [1.29, 1.82) is 0 Å². The number of rotatable bonds is 2. The van der Waals surface area contributed by atoms with E-state index in [1.54, 1.807) is 11.8 Å². The Bertz CT molecular complexity index is 228. The van der Waals surface area contributed by atoms with E-state index >= 15 is 0 Å². The van der Waals surface area contributed by atoms with Crippen LogP contribution in [-0.2, 0) is 4.79 Å². The van der Waals surface area contributed by atoms with Crippen LogP contribution in [0.3, 0.4) is 0 Å². The zero-order valence-electron chi connectivity index (χ0n) is 8.96. The van der Waals surface area contributed by atoms with Crippen LogP contribution < -0.4 is 0 Å². The molecule has 1 rings (SSSR count). The van der Waals surface area contributed by atoms with Crippen LogP contribution in [0.15, 0.2) is 0 Å². The Morgan fingerprint density at radius 3 is 2.64 bits per heavy atom. The molecule has 0 aromatic rings. The summed E-state index contributed by atoms with van der Waals surface area (Å²) < 4.78 is 0. The maximum atomic E-state index is 11.6. The molecule has 1 amide bonds. The molecule has 2 atom stereocenters. The summed E-state index contributed by atoms with van der Waals surface area (Å²) in [7, 11) is 0. The molecule has 0 radical (unpaired) electrons. The van der Waals surface area contributed by atoms with E-state index in [0.717, 1.165) is 0 Å². The van der Waals surface area contributed by atoms with E-state index in [2.05, 4.69) is 13.8 Å². The van der Waals surface area contributed by atoms with Crippen LogP contribution in [0.1, 0.15) is 20.8 Å². The van der Waals surface area contributed by atoms with E-state index in [9.17, 15) is 4.79 Å². The molecule has 0 saturated carbocycles. The van der Waals surface area contributed by atoms with Gasteiger partial charge in [0.1, 0.15) is 5.38 Å². The Labute approximate surface area is 90.0 Å². The highest BCUT2D eigenvalue weighted by atomic mass is 35.5. The number of carbonyl (C=O) groups excluding carboxylic acids is 1. The van der Waals surface area contributed by atoms with Crippen LogP contribution in [-0.4, -0.2) is 41.0 Å². The van der Waals surface area contributed by atoms with Crippen LogP contribution in [0.2, 0.25) is 0 Å². The van der Waals surface area contributed by atoms with E-state index in [1.165, 1.54) is 0 Å². The number of nitrogens with zero attached hydrogens (tertiary/aromatic N) is 1. The Morgan fingerprint density at radius 2 is 2.29 bits per heavy atom. The summed E-state index contributed by atoms with van der Waals surface area (Å²) in [6.07, 6.45) is 0. The summed E-state index contributed by atoms with van der Waals surface area (Å²) in [6.45, 7) is 7.27. The minimum absolute atomic E-state index is 0.00378. The Hall–Kier alpha value is -0.280. The predicted molar refractivity (Wildman–Crippen MR) is 56.3 cm³/mol. The molecule has 4 heteroatoms. The standard InChI is InChI=1S/C10H18ClNO2/c1-7(11)9(14)12-4-8(5-13)10(2,3)6-12/h7-8,13H,4-6H2,1-3H3/t7-,8-/m0/s1. The molecule has 3 nitrogen and oxygen atoms in total. The monoisotopic (exact) mass is 219 g/mol. The summed E-state index contributed by atoms with van der Waals surface area (Å²) in [5.41, 5.74) is -0.00378. The lowest BCUT2D eigenvalue weighted by molar-refractivity contribution is -0.129. The lowest BCUT2D eigenvalue weighted by Crippen LogP contribution is -2.34. The van der Waals surface area contributed by atoms with Gasteiger partial charge in [-0.25, -0.2) is 0 Å². The number of hydrogen-bond acceptors (Lipinski definition) is 2. The maximum Gasteiger partial charge on any atom is 0.240 e. The number of alkyl halides is 1. The number of aliphatic hydroxyl groups excluding tert-OH is 1. The van der Waals surface area contributed by atoms with Crippen molar-refractivity contribution in [3.63, 3.8) is 0 Å². The van der Waals surface area contributed by atoms with Gasteiger partial charge >= 0.3 is 0 Å². The third-order valence-corrected chi connectivity index (χ3v) is 3.20. The largest absolute Gasteiger partial charge is 0.396 e. The van der Waals surface area contributed by atoms with Gasteiger partial charge in [-0.2, -0.15) is 0 Å². The van der Waals surface area contributed by atoms with Crippen molar-refractivity contribution < 1.29 is 9.90 Å². The van der Waals surface area contributed by atoms with Gasteiger partial charge in [-0.1, -0.05) is 13.8 Å². The highest BCUT2D eigenvalue weighted by Crippen LogP contribution is 2.35. The summed E-state index contributed by atoms with van der Waals surface area (Å²) in [4.78, 5) is 13.4. The van der Waals surface area contributed by atoms with Crippen molar-refractivity contribution in [3.05, 3.63) is 0 Å². The summed E-state index contributed by atoms with van der Waals surface area (Å²) >= 11 is 5.74. The van der Waals surface area contributed by atoms with Crippen molar-refractivity contribution in [2.45, 2.75) is 26.1 Å². The zero-order valence-corrected chi connectivity index (χ0v) is 9.71. The highest BCUT2D eigenvalue weighted by Gasteiger charge is 2.41. The van der Waals surface area contributed by atoms with Gasteiger partial charge < -0.3 is 10.0 Å². The number of halogens is 1. The van der Waals surface area contributed by atoms with E-state index in [0.29, 0.717) is 13.1 Å². The smallest absolute Gasteiger partial charge is 0.240 e. The molecular weight excluding hydrogens is 202 g/mol. The van der Waals surface area contributed by atoms with E-state index in [1.807, 2.05) is 0 Å². The summed E-state index contributed by atoms with van der Waals surface area (Å²) in [6, 6.07) is 0. The molecule has 82 valence electrons.